The zero-order valence-electron chi connectivity index (χ0n) is 14.6. The summed E-state index contributed by atoms with van der Waals surface area (Å²) in [5.74, 6) is 0.353. The van der Waals surface area contributed by atoms with Crippen LogP contribution in [0.15, 0.2) is 59.1 Å². The number of hydrogen-bond donors (Lipinski definition) is 0. The van der Waals surface area contributed by atoms with E-state index in [1.54, 1.807) is 19.1 Å². The van der Waals surface area contributed by atoms with Gasteiger partial charge in [-0.25, -0.2) is 0 Å². The van der Waals surface area contributed by atoms with Crippen LogP contribution in [0.25, 0.3) is 11.4 Å². The van der Waals surface area contributed by atoms with Crippen molar-refractivity contribution in [2.75, 3.05) is 0 Å². The molecule has 138 valence electrons. The molecule has 1 heterocycles. The number of nitrogens with zero attached hydrogens (tertiary/aromatic N) is 3. The Balaban J connectivity index is 1.55. The molecule has 1 atom stereocenters. The first kappa shape index (κ1) is 18.2. The Hall–Kier alpha value is -3.55. The summed E-state index contributed by atoms with van der Waals surface area (Å²) in [6.07, 6.45) is -0.282. The number of benzene rings is 2. The van der Waals surface area contributed by atoms with E-state index >= 15 is 0 Å². The fraction of sp³-hybridized carbons (Fsp3) is 0.211. The predicted molar refractivity (Wildman–Crippen MR) is 95.7 cm³/mol. The number of carbonyl (C=O) groups is 1. The lowest BCUT2D eigenvalue weighted by molar-refractivity contribution is -0.385. The third-order valence-corrected chi connectivity index (χ3v) is 3.90. The summed E-state index contributed by atoms with van der Waals surface area (Å²) in [6.45, 7) is 1.66. The Morgan fingerprint density at radius 2 is 2.00 bits per heavy atom. The molecule has 0 spiro atoms. The summed E-state index contributed by atoms with van der Waals surface area (Å²) in [4.78, 5) is 26.7. The number of aryl methyl sites for hydroxylation is 1. The highest BCUT2D eigenvalue weighted by Crippen LogP contribution is 2.22. The topological polar surface area (TPSA) is 108 Å². The lowest BCUT2D eigenvalue weighted by atomic mass is 10.1. The minimum absolute atomic E-state index is 0.0466. The molecular formula is C19H17N3O5. The molecule has 2 aromatic carbocycles. The number of carbonyl (C=O) groups excluding carboxylic acids is 1. The zero-order valence-corrected chi connectivity index (χ0v) is 14.6. The molecule has 0 amide bonds. The van der Waals surface area contributed by atoms with E-state index < -0.39 is 17.0 Å². The smallest absolute Gasteiger partial charge is 0.306 e. The normalized spacial score (nSPS) is 11.7. The molecule has 27 heavy (non-hydrogen) atoms. The van der Waals surface area contributed by atoms with Crippen LogP contribution in [-0.2, 0) is 16.0 Å². The van der Waals surface area contributed by atoms with Crippen LogP contribution in [0, 0.1) is 10.1 Å². The van der Waals surface area contributed by atoms with Crippen molar-refractivity contribution in [1.82, 2.24) is 10.1 Å². The quantitative estimate of drug-likeness (QED) is 0.354. The minimum atomic E-state index is -0.597. The first-order chi connectivity index (χ1) is 13.0. The molecular weight excluding hydrogens is 350 g/mol. The monoisotopic (exact) mass is 367 g/mol. The molecule has 0 saturated heterocycles. The van der Waals surface area contributed by atoms with E-state index in [1.807, 2.05) is 30.3 Å². The SMILES string of the molecule is C[C@@H](OC(=O)CCc1nc(-c2ccccc2)no1)c1cccc([N+](=O)[O-])c1. The van der Waals surface area contributed by atoms with Crippen LogP contribution >= 0.6 is 0 Å². The third kappa shape index (κ3) is 4.75. The maximum atomic E-state index is 12.0. The van der Waals surface area contributed by atoms with Gasteiger partial charge in [0.1, 0.15) is 6.10 Å². The van der Waals surface area contributed by atoms with Crippen LogP contribution in [0.5, 0.6) is 0 Å². The molecule has 8 heteroatoms. The van der Waals surface area contributed by atoms with Gasteiger partial charge in [-0.05, 0) is 12.5 Å². The van der Waals surface area contributed by atoms with Gasteiger partial charge >= 0.3 is 5.97 Å². The number of esters is 1. The highest BCUT2D eigenvalue weighted by molar-refractivity contribution is 5.70. The summed E-state index contributed by atoms with van der Waals surface area (Å²) >= 11 is 0. The minimum Gasteiger partial charge on any atom is -0.458 e. The van der Waals surface area contributed by atoms with Crippen molar-refractivity contribution in [1.29, 1.82) is 0 Å². The van der Waals surface area contributed by atoms with Gasteiger partial charge in [-0.15, -0.1) is 0 Å². The fourth-order valence-corrected chi connectivity index (χ4v) is 2.49. The van der Waals surface area contributed by atoms with Crippen LogP contribution in [-0.4, -0.2) is 21.0 Å². The molecule has 0 radical (unpaired) electrons. The van der Waals surface area contributed by atoms with Gasteiger partial charge in [0.2, 0.25) is 11.7 Å². The first-order valence-electron chi connectivity index (χ1n) is 8.35. The van der Waals surface area contributed by atoms with Gasteiger partial charge in [0.25, 0.3) is 5.69 Å². The van der Waals surface area contributed by atoms with Gasteiger partial charge in [-0.2, -0.15) is 4.98 Å². The van der Waals surface area contributed by atoms with Gasteiger partial charge in [0.15, 0.2) is 0 Å². The number of nitro benzene ring substituents is 1. The molecule has 1 aromatic heterocycles. The highest BCUT2D eigenvalue weighted by atomic mass is 16.6. The van der Waals surface area contributed by atoms with Crippen molar-refractivity contribution in [3.63, 3.8) is 0 Å². The molecule has 8 nitrogen and oxygen atoms in total. The molecule has 0 bridgehead atoms. The zero-order chi connectivity index (χ0) is 19.2. The lowest BCUT2D eigenvalue weighted by Crippen LogP contribution is -2.10. The lowest BCUT2D eigenvalue weighted by Gasteiger charge is -2.13. The summed E-state index contributed by atoms with van der Waals surface area (Å²) in [5, 5.41) is 14.7. The Bertz CT molecular complexity index is 939. The Morgan fingerprint density at radius 3 is 2.74 bits per heavy atom. The van der Waals surface area contributed by atoms with Gasteiger partial charge in [0.05, 0.1) is 11.3 Å². The second kappa shape index (κ2) is 8.22. The Labute approximate surface area is 154 Å². The van der Waals surface area contributed by atoms with Crippen LogP contribution in [0.1, 0.15) is 30.9 Å². The molecule has 0 aliphatic carbocycles. The average Bonchev–Trinajstić information content (AvgIpc) is 3.16. The number of rotatable bonds is 7. The standard InChI is InChI=1S/C19H17N3O5/c1-13(15-8-5-9-16(12-15)22(24)25)26-18(23)11-10-17-20-19(21-27-17)14-6-3-2-4-7-14/h2-9,12-13H,10-11H2,1H3/t13-/m1/s1. The molecule has 0 fully saturated rings. The maximum Gasteiger partial charge on any atom is 0.306 e. The second-order valence-electron chi connectivity index (χ2n) is 5.86. The second-order valence-corrected chi connectivity index (χ2v) is 5.86. The molecule has 0 aliphatic heterocycles. The molecule has 0 saturated carbocycles. The van der Waals surface area contributed by atoms with Crippen LogP contribution in [0.4, 0.5) is 5.69 Å². The van der Waals surface area contributed by atoms with E-state index in [1.165, 1.54) is 12.1 Å². The van der Waals surface area contributed by atoms with E-state index in [-0.39, 0.29) is 18.5 Å². The average molecular weight is 367 g/mol. The van der Waals surface area contributed by atoms with Crippen LogP contribution < -0.4 is 0 Å². The van der Waals surface area contributed by atoms with Gasteiger partial charge in [-0.1, -0.05) is 47.6 Å². The molecule has 3 aromatic rings. The largest absolute Gasteiger partial charge is 0.458 e. The molecule has 0 aliphatic rings. The van der Waals surface area contributed by atoms with E-state index in [2.05, 4.69) is 10.1 Å². The molecule has 0 N–H and O–H groups in total. The highest BCUT2D eigenvalue weighted by Gasteiger charge is 2.16. The maximum absolute atomic E-state index is 12.0. The summed E-state index contributed by atoms with van der Waals surface area (Å²) in [5.41, 5.74) is 1.34. The Morgan fingerprint density at radius 1 is 1.22 bits per heavy atom. The number of nitro groups is 1. The van der Waals surface area contributed by atoms with Crippen molar-refractivity contribution >= 4 is 11.7 Å². The van der Waals surface area contributed by atoms with E-state index in [4.69, 9.17) is 9.26 Å². The Kier molecular flexibility index (Phi) is 5.55. The summed E-state index contributed by atoms with van der Waals surface area (Å²) in [7, 11) is 0. The number of ether oxygens (including phenoxy) is 1. The van der Waals surface area contributed by atoms with Crippen molar-refractivity contribution in [2.24, 2.45) is 0 Å². The van der Waals surface area contributed by atoms with E-state index in [0.717, 1.165) is 5.56 Å². The number of hydrogen-bond acceptors (Lipinski definition) is 7. The van der Waals surface area contributed by atoms with Gasteiger partial charge in [0, 0.05) is 24.1 Å². The predicted octanol–water partition coefficient (Wildman–Crippen LogP) is 3.88. The molecule has 3 rings (SSSR count). The number of non-ortho nitro benzene ring substituents is 1. The fourth-order valence-electron chi connectivity index (χ4n) is 2.49. The summed E-state index contributed by atoms with van der Waals surface area (Å²) < 4.78 is 10.5. The van der Waals surface area contributed by atoms with Crippen molar-refractivity contribution < 1.29 is 19.0 Å². The van der Waals surface area contributed by atoms with Crippen molar-refractivity contribution in [2.45, 2.75) is 25.9 Å². The third-order valence-electron chi connectivity index (χ3n) is 3.90. The van der Waals surface area contributed by atoms with Gasteiger partial charge in [-0.3, -0.25) is 14.9 Å². The number of aromatic nitrogens is 2. The van der Waals surface area contributed by atoms with E-state index in [9.17, 15) is 14.9 Å². The first-order valence-corrected chi connectivity index (χ1v) is 8.35. The van der Waals surface area contributed by atoms with E-state index in [0.29, 0.717) is 17.3 Å². The van der Waals surface area contributed by atoms with Crippen LogP contribution in [0.3, 0.4) is 0 Å². The molecule has 0 unspecified atom stereocenters. The van der Waals surface area contributed by atoms with Crippen molar-refractivity contribution in [3.8, 4) is 11.4 Å². The summed E-state index contributed by atoms with van der Waals surface area (Å²) in [6, 6.07) is 15.4. The van der Waals surface area contributed by atoms with Crippen molar-refractivity contribution in [3.05, 3.63) is 76.2 Å². The van der Waals surface area contributed by atoms with Gasteiger partial charge < -0.3 is 9.26 Å². The van der Waals surface area contributed by atoms with Crippen LogP contribution in [0.2, 0.25) is 0 Å².